The molecule has 1 atom stereocenters. The minimum absolute atomic E-state index is 0.0696. The molecule has 0 unspecified atom stereocenters. The van der Waals surface area contributed by atoms with Gasteiger partial charge in [-0.2, -0.15) is 0 Å². The van der Waals surface area contributed by atoms with Gasteiger partial charge in [0, 0.05) is 4.90 Å². The van der Waals surface area contributed by atoms with Gasteiger partial charge in [-0.05, 0) is 31.5 Å². The van der Waals surface area contributed by atoms with Gasteiger partial charge in [-0.3, -0.25) is 4.79 Å². The average molecular weight is 207 g/mol. The van der Waals surface area contributed by atoms with Gasteiger partial charge in [0.1, 0.15) is 0 Å². The lowest BCUT2D eigenvalue weighted by Gasteiger charge is -2.07. The Labute approximate surface area is 88.1 Å². The summed E-state index contributed by atoms with van der Waals surface area (Å²) >= 11 is 1.34. The lowest BCUT2D eigenvalue weighted by Crippen LogP contribution is -2.28. The Hall–Kier alpha value is -0.800. The van der Waals surface area contributed by atoms with Crippen LogP contribution < -0.4 is 5.32 Å². The number of rotatable bonds is 2. The van der Waals surface area contributed by atoms with Crippen LogP contribution in [0.5, 0.6) is 0 Å². The molecular weight excluding hydrogens is 194 g/mol. The summed E-state index contributed by atoms with van der Waals surface area (Å²) in [6.45, 7) is 0.978. The first-order chi connectivity index (χ1) is 6.86. The first-order valence-corrected chi connectivity index (χ1v) is 5.68. The quantitative estimate of drug-likeness (QED) is 0.753. The fraction of sp³-hybridized carbons (Fsp3) is 0.364. The van der Waals surface area contributed by atoms with Crippen molar-refractivity contribution in [3.05, 3.63) is 30.3 Å². The molecule has 2 nitrogen and oxygen atoms in total. The molecule has 1 aromatic carbocycles. The van der Waals surface area contributed by atoms with E-state index in [0.29, 0.717) is 0 Å². The zero-order valence-corrected chi connectivity index (χ0v) is 8.72. The lowest BCUT2D eigenvalue weighted by atomic mass is 10.2. The van der Waals surface area contributed by atoms with E-state index >= 15 is 0 Å². The van der Waals surface area contributed by atoms with Crippen LogP contribution >= 0.6 is 11.8 Å². The molecule has 0 aliphatic carbocycles. The predicted octanol–water partition coefficient (Wildman–Crippen LogP) is 2.06. The first-order valence-electron chi connectivity index (χ1n) is 4.86. The molecule has 0 spiro atoms. The highest BCUT2D eigenvalue weighted by molar-refractivity contribution is 8.13. The summed E-state index contributed by atoms with van der Waals surface area (Å²) < 4.78 is 0. The number of thioether (sulfide) groups is 1. The fourth-order valence-corrected chi connectivity index (χ4v) is 2.43. The SMILES string of the molecule is O=C(Sc1ccccc1)[C@H]1CCCN1. The Morgan fingerprint density at radius 2 is 2.14 bits per heavy atom. The molecule has 0 aromatic heterocycles. The number of benzene rings is 1. The van der Waals surface area contributed by atoms with Gasteiger partial charge in [0.15, 0.2) is 0 Å². The van der Waals surface area contributed by atoms with E-state index in [1.807, 2.05) is 30.3 Å². The molecule has 1 fully saturated rings. The number of hydrogen-bond donors (Lipinski definition) is 1. The van der Waals surface area contributed by atoms with Gasteiger partial charge in [0.25, 0.3) is 0 Å². The van der Waals surface area contributed by atoms with Crippen LogP contribution in [0.4, 0.5) is 0 Å². The summed E-state index contributed by atoms with van der Waals surface area (Å²) in [5, 5.41) is 3.45. The highest BCUT2D eigenvalue weighted by Gasteiger charge is 2.22. The summed E-state index contributed by atoms with van der Waals surface area (Å²) in [4.78, 5) is 12.7. The van der Waals surface area contributed by atoms with Gasteiger partial charge >= 0.3 is 0 Å². The zero-order chi connectivity index (χ0) is 9.80. The maximum atomic E-state index is 11.7. The third-order valence-electron chi connectivity index (χ3n) is 2.31. The van der Waals surface area contributed by atoms with Gasteiger partial charge < -0.3 is 5.32 Å². The van der Waals surface area contributed by atoms with E-state index in [-0.39, 0.29) is 11.2 Å². The van der Waals surface area contributed by atoms with Crippen LogP contribution in [0.3, 0.4) is 0 Å². The van der Waals surface area contributed by atoms with Crippen molar-refractivity contribution in [3.8, 4) is 0 Å². The fourth-order valence-electron chi connectivity index (χ4n) is 1.56. The summed E-state index contributed by atoms with van der Waals surface area (Å²) in [6, 6.07) is 9.88. The molecule has 1 heterocycles. The van der Waals surface area contributed by atoms with E-state index in [1.54, 1.807) is 0 Å². The molecule has 1 aromatic rings. The molecular formula is C11H13NOS. The van der Waals surface area contributed by atoms with E-state index in [1.165, 1.54) is 11.8 Å². The molecule has 1 aliphatic heterocycles. The van der Waals surface area contributed by atoms with Gasteiger partial charge in [0.2, 0.25) is 5.12 Å². The van der Waals surface area contributed by atoms with Crippen molar-refractivity contribution in [2.45, 2.75) is 23.8 Å². The number of hydrogen-bond acceptors (Lipinski definition) is 3. The van der Waals surface area contributed by atoms with Crippen molar-refractivity contribution in [2.24, 2.45) is 0 Å². The van der Waals surface area contributed by atoms with Crippen molar-refractivity contribution in [2.75, 3.05) is 6.54 Å². The van der Waals surface area contributed by atoms with E-state index in [9.17, 15) is 4.79 Å². The van der Waals surface area contributed by atoms with Crippen molar-refractivity contribution in [3.63, 3.8) is 0 Å². The third kappa shape index (κ3) is 2.36. The number of carbonyl (C=O) groups is 1. The van der Waals surface area contributed by atoms with Crippen LogP contribution in [0, 0.1) is 0 Å². The van der Waals surface area contributed by atoms with Crippen LogP contribution in [0.1, 0.15) is 12.8 Å². The maximum absolute atomic E-state index is 11.7. The highest BCUT2D eigenvalue weighted by Crippen LogP contribution is 2.22. The molecule has 2 rings (SSSR count). The van der Waals surface area contributed by atoms with Crippen molar-refractivity contribution >= 4 is 16.9 Å². The van der Waals surface area contributed by atoms with Gasteiger partial charge in [-0.15, -0.1) is 0 Å². The van der Waals surface area contributed by atoms with Gasteiger partial charge in [0.05, 0.1) is 6.04 Å². The smallest absolute Gasteiger partial charge is 0.210 e. The molecule has 0 amide bonds. The molecule has 3 heteroatoms. The van der Waals surface area contributed by atoms with Crippen LogP contribution in [0.25, 0.3) is 0 Å². The highest BCUT2D eigenvalue weighted by atomic mass is 32.2. The normalized spacial score (nSPS) is 21.0. The first kappa shape index (κ1) is 9.74. The maximum Gasteiger partial charge on any atom is 0.210 e. The van der Waals surface area contributed by atoms with Crippen LogP contribution in [0.15, 0.2) is 35.2 Å². The zero-order valence-electron chi connectivity index (χ0n) is 7.90. The van der Waals surface area contributed by atoms with Crippen LogP contribution in [-0.4, -0.2) is 17.7 Å². The predicted molar refractivity (Wildman–Crippen MR) is 58.3 cm³/mol. The molecule has 14 heavy (non-hydrogen) atoms. The largest absolute Gasteiger partial charge is 0.307 e. The molecule has 0 bridgehead atoms. The van der Waals surface area contributed by atoms with E-state index < -0.39 is 0 Å². The lowest BCUT2D eigenvalue weighted by molar-refractivity contribution is -0.112. The second-order valence-electron chi connectivity index (χ2n) is 3.38. The standard InChI is InChI=1S/C11H13NOS/c13-11(10-7-4-8-12-10)14-9-5-2-1-3-6-9/h1-3,5-6,10,12H,4,7-8H2/t10-/m1/s1. The summed E-state index contributed by atoms with van der Waals surface area (Å²) in [5.74, 6) is 0. The molecule has 0 saturated carbocycles. The Bertz CT molecular complexity index is 306. The van der Waals surface area contributed by atoms with Crippen molar-refractivity contribution in [1.29, 1.82) is 0 Å². The van der Waals surface area contributed by atoms with Crippen LogP contribution in [0.2, 0.25) is 0 Å². The topological polar surface area (TPSA) is 29.1 Å². The van der Waals surface area contributed by atoms with Crippen LogP contribution in [-0.2, 0) is 4.79 Å². The van der Waals surface area contributed by atoms with E-state index in [4.69, 9.17) is 0 Å². The Morgan fingerprint density at radius 1 is 1.36 bits per heavy atom. The van der Waals surface area contributed by atoms with Crippen molar-refractivity contribution < 1.29 is 4.79 Å². The molecule has 1 aliphatic rings. The Balaban J connectivity index is 1.94. The minimum Gasteiger partial charge on any atom is -0.307 e. The molecule has 1 saturated heterocycles. The summed E-state index contributed by atoms with van der Waals surface area (Å²) in [5.41, 5.74) is 0. The van der Waals surface area contributed by atoms with E-state index in [0.717, 1.165) is 24.3 Å². The minimum atomic E-state index is 0.0696. The number of nitrogens with one attached hydrogen (secondary N) is 1. The monoisotopic (exact) mass is 207 g/mol. The van der Waals surface area contributed by atoms with Crippen molar-refractivity contribution in [1.82, 2.24) is 5.32 Å². The van der Waals surface area contributed by atoms with E-state index in [2.05, 4.69) is 5.32 Å². The second-order valence-corrected chi connectivity index (χ2v) is 4.46. The average Bonchev–Trinajstić information content (AvgIpc) is 2.72. The molecule has 74 valence electrons. The third-order valence-corrected chi connectivity index (χ3v) is 3.30. The van der Waals surface area contributed by atoms with Gasteiger partial charge in [-0.25, -0.2) is 0 Å². The second kappa shape index (κ2) is 4.62. The molecule has 0 radical (unpaired) electrons. The Morgan fingerprint density at radius 3 is 2.79 bits per heavy atom. The number of carbonyl (C=O) groups excluding carboxylic acids is 1. The molecule has 1 N–H and O–H groups in total. The summed E-state index contributed by atoms with van der Waals surface area (Å²) in [7, 11) is 0. The summed E-state index contributed by atoms with van der Waals surface area (Å²) in [6.07, 6.45) is 2.10. The Kier molecular flexibility index (Phi) is 3.22. The van der Waals surface area contributed by atoms with Gasteiger partial charge in [-0.1, -0.05) is 30.0 Å².